The number of hydrogen-bond acceptors (Lipinski definition) is 5. The van der Waals surface area contributed by atoms with Gasteiger partial charge < -0.3 is 15.8 Å². The highest BCUT2D eigenvalue weighted by atomic mass is 35.5. The molecule has 1 aromatic rings. The molecule has 0 aliphatic heterocycles. The van der Waals surface area contributed by atoms with Crippen LogP contribution in [-0.2, 0) is 0 Å². The third-order valence-corrected chi connectivity index (χ3v) is 4.05. The predicted octanol–water partition coefficient (Wildman–Crippen LogP) is 2.42. The van der Waals surface area contributed by atoms with E-state index in [9.17, 15) is 14.9 Å². The molecule has 1 amide bonds. The Morgan fingerprint density at radius 1 is 1.43 bits per heavy atom. The molecule has 0 radical (unpaired) electrons. The molecule has 1 aliphatic carbocycles. The van der Waals surface area contributed by atoms with Crippen LogP contribution in [0.25, 0.3) is 0 Å². The Bertz CT molecular complexity index is 574. The van der Waals surface area contributed by atoms with Crippen LogP contribution in [0.5, 0.6) is 5.75 Å². The Morgan fingerprint density at radius 2 is 2.09 bits per heavy atom. The molecule has 1 saturated carbocycles. The molecule has 2 rings (SSSR count). The largest absolute Gasteiger partial charge is 0.487 e. The molecule has 128 valence electrons. The fraction of sp³-hybridized carbons (Fsp3) is 0.533. The molecule has 1 aliphatic rings. The van der Waals surface area contributed by atoms with E-state index < -0.39 is 4.92 Å². The summed E-state index contributed by atoms with van der Waals surface area (Å²) in [4.78, 5) is 22.9. The Balaban J connectivity index is 0.00000264. The van der Waals surface area contributed by atoms with Crippen molar-refractivity contribution in [2.24, 2.45) is 5.73 Å². The molecule has 3 N–H and O–H groups in total. The highest BCUT2D eigenvalue weighted by molar-refractivity contribution is 5.95. The van der Waals surface area contributed by atoms with E-state index in [2.05, 4.69) is 5.32 Å². The maximum Gasteiger partial charge on any atom is 0.311 e. The van der Waals surface area contributed by atoms with Crippen LogP contribution in [0.1, 0.15) is 43.0 Å². The van der Waals surface area contributed by atoms with Crippen LogP contribution in [0.2, 0.25) is 0 Å². The van der Waals surface area contributed by atoms with Crippen molar-refractivity contribution in [2.45, 2.75) is 38.1 Å². The number of halogens is 1. The number of nitro groups is 1. The standard InChI is InChI=1S/C15H21N3O4.ClH/c1-2-22-13-6-5-11(9-12(13)18(20)21)14(19)17-15(10-16)7-3-4-8-15;/h5-6,9H,2-4,7-8,10,16H2,1H3,(H,17,19);1H. The Hall–Kier alpha value is -1.86. The SMILES string of the molecule is CCOc1ccc(C(=O)NC2(CN)CCCC2)cc1[N+](=O)[O-].Cl. The van der Waals surface area contributed by atoms with E-state index in [0.29, 0.717) is 13.2 Å². The van der Waals surface area contributed by atoms with E-state index in [-0.39, 0.29) is 40.9 Å². The number of carbonyl (C=O) groups is 1. The highest BCUT2D eigenvalue weighted by Gasteiger charge is 2.34. The second kappa shape index (κ2) is 8.12. The van der Waals surface area contributed by atoms with Crippen LogP contribution < -0.4 is 15.8 Å². The smallest absolute Gasteiger partial charge is 0.311 e. The second-order valence-electron chi connectivity index (χ2n) is 5.52. The number of carbonyl (C=O) groups excluding carboxylic acids is 1. The van der Waals surface area contributed by atoms with Crippen molar-refractivity contribution < 1.29 is 14.5 Å². The molecule has 0 spiro atoms. The summed E-state index contributed by atoms with van der Waals surface area (Å²) in [6, 6.07) is 4.24. The van der Waals surface area contributed by atoms with Crippen molar-refractivity contribution in [3.8, 4) is 5.75 Å². The minimum atomic E-state index is -0.546. The Morgan fingerprint density at radius 3 is 2.61 bits per heavy atom. The number of rotatable bonds is 6. The summed E-state index contributed by atoms with van der Waals surface area (Å²) in [5.74, 6) is -0.169. The van der Waals surface area contributed by atoms with Gasteiger partial charge in [-0.1, -0.05) is 12.8 Å². The first kappa shape index (κ1) is 19.2. The van der Waals surface area contributed by atoms with Gasteiger partial charge in [-0.15, -0.1) is 12.4 Å². The van der Waals surface area contributed by atoms with Crippen LogP contribution in [-0.4, -0.2) is 29.5 Å². The van der Waals surface area contributed by atoms with Crippen LogP contribution >= 0.6 is 12.4 Å². The summed E-state index contributed by atoms with van der Waals surface area (Å²) < 4.78 is 5.21. The molecule has 8 heteroatoms. The fourth-order valence-electron chi connectivity index (χ4n) is 2.82. The number of nitrogens with one attached hydrogen (secondary N) is 1. The average molecular weight is 344 g/mol. The van der Waals surface area contributed by atoms with E-state index in [1.165, 1.54) is 18.2 Å². The molecule has 0 saturated heterocycles. The zero-order valence-corrected chi connectivity index (χ0v) is 13.9. The van der Waals surface area contributed by atoms with Crippen molar-refractivity contribution in [3.63, 3.8) is 0 Å². The summed E-state index contributed by atoms with van der Waals surface area (Å²) in [5, 5.41) is 14.1. The number of amides is 1. The normalized spacial score (nSPS) is 15.6. The molecule has 0 atom stereocenters. The van der Waals surface area contributed by atoms with Gasteiger partial charge in [-0.05, 0) is 31.9 Å². The topological polar surface area (TPSA) is 107 Å². The summed E-state index contributed by atoms with van der Waals surface area (Å²) in [6.07, 6.45) is 3.74. The quantitative estimate of drug-likeness (QED) is 0.609. The van der Waals surface area contributed by atoms with E-state index in [1.807, 2.05) is 0 Å². The predicted molar refractivity (Wildman–Crippen MR) is 89.2 cm³/mol. The summed E-state index contributed by atoms with van der Waals surface area (Å²) in [6.45, 7) is 2.44. The van der Waals surface area contributed by atoms with Gasteiger partial charge in [0.1, 0.15) is 0 Å². The third kappa shape index (κ3) is 4.33. The van der Waals surface area contributed by atoms with Crippen molar-refractivity contribution in [3.05, 3.63) is 33.9 Å². The van der Waals surface area contributed by atoms with Crippen LogP contribution in [0.3, 0.4) is 0 Å². The van der Waals surface area contributed by atoms with Gasteiger partial charge in [0.2, 0.25) is 0 Å². The first-order valence-electron chi connectivity index (χ1n) is 7.45. The van der Waals surface area contributed by atoms with Gasteiger partial charge in [0.15, 0.2) is 5.75 Å². The number of ether oxygens (including phenoxy) is 1. The van der Waals surface area contributed by atoms with E-state index in [1.54, 1.807) is 6.92 Å². The summed E-state index contributed by atoms with van der Waals surface area (Å²) in [5.41, 5.74) is 5.45. The van der Waals surface area contributed by atoms with Crippen LogP contribution in [0, 0.1) is 10.1 Å². The zero-order valence-electron chi connectivity index (χ0n) is 13.0. The van der Waals surface area contributed by atoms with Gasteiger partial charge in [-0.25, -0.2) is 0 Å². The lowest BCUT2D eigenvalue weighted by Gasteiger charge is -2.28. The lowest BCUT2D eigenvalue weighted by atomic mass is 9.97. The number of nitrogens with two attached hydrogens (primary N) is 1. The lowest BCUT2D eigenvalue weighted by molar-refractivity contribution is -0.385. The van der Waals surface area contributed by atoms with Gasteiger partial charge in [0.25, 0.3) is 5.91 Å². The van der Waals surface area contributed by atoms with E-state index in [4.69, 9.17) is 10.5 Å². The maximum atomic E-state index is 12.4. The van der Waals surface area contributed by atoms with E-state index >= 15 is 0 Å². The summed E-state index contributed by atoms with van der Waals surface area (Å²) >= 11 is 0. The molecular weight excluding hydrogens is 322 g/mol. The third-order valence-electron chi connectivity index (χ3n) is 4.05. The van der Waals surface area contributed by atoms with E-state index in [0.717, 1.165) is 25.7 Å². The number of hydrogen-bond donors (Lipinski definition) is 2. The van der Waals surface area contributed by atoms with Gasteiger partial charge in [-0.3, -0.25) is 14.9 Å². The Labute approximate surface area is 141 Å². The molecule has 0 aromatic heterocycles. The molecule has 23 heavy (non-hydrogen) atoms. The highest BCUT2D eigenvalue weighted by Crippen LogP contribution is 2.31. The minimum absolute atomic E-state index is 0. The number of benzene rings is 1. The molecule has 0 heterocycles. The maximum absolute atomic E-state index is 12.4. The number of nitrogens with zero attached hydrogens (tertiary/aromatic N) is 1. The summed E-state index contributed by atoms with van der Waals surface area (Å²) in [7, 11) is 0. The molecule has 7 nitrogen and oxygen atoms in total. The van der Waals surface area contributed by atoms with Crippen molar-refractivity contribution >= 4 is 24.0 Å². The van der Waals surface area contributed by atoms with Crippen LogP contribution in [0.15, 0.2) is 18.2 Å². The van der Waals surface area contributed by atoms with Crippen molar-refractivity contribution in [1.29, 1.82) is 0 Å². The first-order valence-corrected chi connectivity index (χ1v) is 7.45. The second-order valence-corrected chi connectivity index (χ2v) is 5.52. The molecule has 1 fully saturated rings. The first-order chi connectivity index (χ1) is 10.5. The lowest BCUT2D eigenvalue weighted by Crippen LogP contribution is -2.51. The molecule has 0 bridgehead atoms. The van der Waals surface area contributed by atoms with Gasteiger partial charge >= 0.3 is 5.69 Å². The number of nitro benzene ring substituents is 1. The van der Waals surface area contributed by atoms with Crippen molar-refractivity contribution in [1.82, 2.24) is 5.32 Å². The molecular formula is C15H22ClN3O4. The Kier molecular flexibility index (Phi) is 6.78. The van der Waals surface area contributed by atoms with Gasteiger partial charge in [0.05, 0.1) is 17.1 Å². The molecule has 0 unspecified atom stereocenters. The van der Waals surface area contributed by atoms with Crippen molar-refractivity contribution in [2.75, 3.05) is 13.2 Å². The zero-order chi connectivity index (χ0) is 16.2. The van der Waals surface area contributed by atoms with Gasteiger partial charge in [-0.2, -0.15) is 0 Å². The monoisotopic (exact) mass is 343 g/mol. The minimum Gasteiger partial charge on any atom is -0.487 e. The fourth-order valence-corrected chi connectivity index (χ4v) is 2.82. The van der Waals surface area contributed by atoms with Gasteiger partial charge in [0, 0.05) is 18.2 Å². The molecule has 1 aromatic carbocycles. The van der Waals surface area contributed by atoms with Crippen LogP contribution in [0.4, 0.5) is 5.69 Å². The average Bonchev–Trinajstić information content (AvgIpc) is 2.96.